The van der Waals surface area contributed by atoms with Gasteiger partial charge in [-0.05, 0) is 36.8 Å². The lowest BCUT2D eigenvalue weighted by Gasteiger charge is -2.06. The van der Waals surface area contributed by atoms with Crippen LogP contribution in [0.15, 0.2) is 24.3 Å². The molecule has 0 bridgehead atoms. The Kier molecular flexibility index (Phi) is 8.59. The molecule has 1 aromatic carbocycles. The number of hydrogen-bond donors (Lipinski definition) is 2. The van der Waals surface area contributed by atoms with E-state index in [1.165, 1.54) is 0 Å². The summed E-state index contributed by atoms with van der Waals surface area (Å²) in [5.74, 6) is 0.127. The fourth-order valence-electron chi connectivity index (χ4n) is 2.03. The number of amides is 1. The molecule has 4 nitrogen and oxygen atoms in total. The summed E-state index contributed by atoms with van der Waals surface area (Å²) in [5, 5.41) is 11.4. The first kappa shape index (κ1) is 17.6. The molecule has 116 valence electrons. The molecule has 1 rings (SSSR count). The van der Waals surface area contributed by atoms with Crippen LogP contribution in [0.5, 0.6) is 0 Å². The number of thioether (sulfide) groups is 1. The van der Waals surface area contributed by atoms with Gasteiger partial charge in [-0.25, -0.2) is 0 Å². The summed E-state index contributed by atoms with van der Waals surface area (Å²) in [5.41, 5.74) is 1.86. The van der Waals surface area contributed by atoms with E-state index in [-0.39, 0.29) is 12.3 Å². The lowest BCUT2D eigenvalue weighted by atomic mass is 10.1. The van der Waals surface area contributed by atoms with Gasteiger partial charge in [-0.15, -0.1) is 0 Å². The molecule has 1 aromatic rings. The molecule has 0 saturated heterocycles. The number of carboxylic acids is 1. The third-order valence-electron chi connectivity index (χ3n) is 3.10. The fourth-order valence-corrected chi connectivity index (χ4v) is 2.54. The molecular weight excluding hydrogens is 286 g/mol. The van der Waals surface area contributed by atoms with Crippen LogP contribution in [0.25, 0.3) is 0 Å². The molecule has 0 aliphatic rings. The molecule has 2 N–H and O–H groups in total. The van der Waals surface area contributed by atoms with E-state index in [0.717, 1.165) is 30.6 Å². The Labute approximate surface area is 130 Å². The van der Waals surface area contributed by atoms with Gasteiger partial charge in [0.2, 0.25) is 0 Å². The zero-order chi connectivity index (χ0) is 15.5. The van der Waals surface area contributed by atoms with Gasteiger partial charge >= 0.3 is 5.97 Å². The molecule has 0 aliphatic carbocycles. The van der Waals surface area contributed by atoms with Crippen LogP contribution in [0.1, 0.15) is 48.0 Å². The van der Waals surface area contributed by atoms with Crippen molar-refractivity contribution < 1.29 is 14.7 Å². The number of unbranched alkanes of at least 4 members (excludes halogenated alkanes) is 3. The summed E-state index contributed by atoms with van der Waals surface area (Å²) in [6.07, 6.45) is 5.70. The van der Waals surface area contributed by atoms with E-state index in [1.54, 1.807) is 11.8 Å². The number of aliphatic carboxylic acids is 1. The van der Waals surface area contributed by atoms with E-state index in [0.29, 0.717) is 18.5 Å². The highest BCUT2D eigenvalue weighted by atomic mass is 32.2. The van der Waals surface area contributed by atoms with Crippen molar-refractivity contribution in [3.63, 3.8) is 0 Å². The molecule has 0 aliphatic heterocycles. The quantitative estimate of drug-likeness (QED) is 0.651. The van der Waals surface area contributed by atoms with E-state index in [4.69, 9.17) is 5.11 Å². The molecule has 0 radical (unpaired) electrons. The fraction of sp³-hybridized carbons (Fsp3) is 0.500. The largest absolute Gasteiger partial charge is 0.481 e. The Morgan fingerprint density at radius 3 is 2.67 bits per heavy atom. The number of hydrogen-bond acceptors (Lipinski definition) is 3. The number of carboxylic acid groups (broad SMARTS) is 1. The first-order chi connectivity index (χ1) is 10.1. The molecular formula is C16H23NO3S. The highest BCUT2D eigenvalue weighted by Gasteiger charge is 2.05. The standard InChI is InChI=1S/C16H23NO3S/c1-21-12-13-7-6-8-14(11-13)16(20)17-10-5-3-2-4-9-15(18)19/h6-8,11H,2-5,9-10,12H2,1H3,(H,17,20)(H,18,19). The van der Waals surface area contributed by atoms with Crippen LogP contribution < -0.4 is 5.32 Å². The zero-order valence-electron chi connectivity index (χ0n) is 12.4. The Bertz CT molecular complexity index is 463. The summed E-state index contributed by atoms with van der Waals surface area (Å²) in [6.45, 7) is 0.638. The van der Waals surface area contributed by atoms with Crippen LogP contribution in [0.4, 0.5) is 0 Å². The molecule has 0 aromatic heterocycles. The van der Waals surface area contributed by atoms with Gasteiger partial charge in [0.25, 0.3) is 5.91 Å². The monoisotopic (exact) mass is 309 g/mol. The Morgan fingerprint density at radius 1 is 1.19 bits per heavy atom. The van der Waals surface area contributed by atoms with Crippen molar-refractivity contribution in [2.75, 3.05) is 12.8 Å². The van der Waals surface area contributed by atoms with Gasteiger partial charge < -0.3 is 10.4 Å². The third-order valence-corrected chi connectivity index (χ3v) is 3.73. The van der Waals surface area contributed by atoms with Crippen LogP contribution >= 0.6 is 11.8 Å². The van der Waals surface area contributed by atoms with E-state index in [2.05, 4.69) is 5.32 Å². The zero-order valence-corrected chi connectivity index (χ0v) is 13.2. The maximum atomic E-state index is 12.0. The molecule has 0 unspecified atom stereocenters. The number of carbonyl (C=O) groups is 2. The van der Waals surface area contributed by atoms with E-state index in [9.17, 15) is 9.59 Å². The maximum absolute atomic E-state index is 12.0. The average Bonchev–Trinajstić information content (AvgIpc) is 2.46. The van der Waals surface area contributed by atoms with Crippen molar-refractivity contribution in [3.05, 3.63) is 35.4 Å². The van der Waals surface area contributed by atoms with Crippen LogP contribution in [-0.4, -0.2) is 29.8 Å². The van der Waals surface area contributed by atoms with E-state index in [1.807, 2.05) is 30.5 Å². The number of nitrogens with one attached hydrogen (secondary N) is 1. The third kappa shape index (κ3) is 7.75. The topological polar surface area (TPSA) is 66.4 Å². The Balaban J connectivity index is 2.21. The Hall–Kier alpha value is -1.49. The predicted octanol–water partition coefficient (Wildman–Crippen LogP) is 3.31. The maximum Gasteiger partial charge on any atom is 0.303 e. The van der Waals surface area contributed by atoms with Gasteiger partial charge in [-0.2, -0.15) is 11.8 Å². The molecule has 5 heteroatoms. The molecule has 0 saturated carbocycles. The average molecular weight is 309 g/mol. The highest BCUT2D eigenvalue weighted by Crippen LogP contribution is 2.11. The molecule has 0 fully saturated rings. The van der Waals surface area contributed by atoms with Gasteiger partial charge in [-0.3, -0.25) is 9.59 Å². The van der Waals surface area contributed by atoms with Crippen molar-refractivity contribution in [1.29, 1.82) is 0 Å². The summed E-state index contributed by atoms with van der Waals surface area (Å²) < 4.78 is 0. The number of carbonyl (C=O) groups excluding carboxylic acids is 1. The number of benzene rings is 1. The lowest BCUT2D eigenvalue weighted by molar-refractivity contribution is -0.137. The van der Waals surface area contributed by atoms with Crippen molar-refractivity contribution in [1.82, 2.24) is 5.32 Å². The Morgan fingerprint density at radius 2 is 1.95 bits per heavy atom. The first-order valence-electron chi connectivity index (χ1n) is 7.21. The molecule has 1 amide bonds. The SMILES string of the molecule is CSCc1cccc(C(=O)NCCCCCCC(=O)O)c1. The van der Waals surface area contributed by atoms with Crippen molar-refractivity contribution in [2.45, 2.75) is 37.9 Å². The van der Waals surface area contributed by atoms with Gasteiger partial charge in [0.1, 0.15) is 0 Å². The highest BCUT2D eigenvalue weighted by molar-refractivity contribution is 7.97. The lowest BCUT2D eigenvalue weighted by Crippen LogP contribution is -2.24. The molecule has 21 heavy (non-hydrogen) atoms. The van der Waals surface area contributed by atoms with E-state index < -0.39 is 5.97 Å². The smallest absolute Gasteiger partial charge is 0.303 e. The molecule has 0 atom stereocenters. The summed E-state index contributed by atoms with van der Waals surface area (Å²) >= 11 is 1.73. The summed E-state index contributed by atoms with van der Waals surface area (Å²) in [4.78, 5) is 22.3. The van der Waals surface area contributed by atoms with E-state index >= 15 is 0 Å². The normalized spacial score (nSPS) is 10.3. The minimum atomic E-state index is -0.742. The molecule has 0 heterocycles. The van der Waals surface area contributed by atoms with Gasteiger partial charge in [0, 0.05) is 24.3 Å². The van der Waals surface area contributed by atoms with Crippen LogP contribution in [0.2, 0.25) is 0 Å². The van der Waals surface area contributed by atoms with Gasteiger partial charge in [0.05, 0.1) is 0 Å². The van der Waals surface area contributed by atoms with Crippen LogP contribution in [0.3, 0.4) is 0 Å². The minimum absolute atomic E-state index is 0.0384. The van der Waals surface area contributed by atoms with Crippen molar-refractivity contribution in [2.24, 2.45) is 0 Å². The second-order valence-corrected chi connectivity index (χ2v) is 5.81. The molecule has 0 spiro atoms. The second-order valence-electron chi connectivity index (χ2n) is 4.95. The summed E-state index contributed by atoms with van der Waals surface area (Å²) in [7, 11) is 0. The second kappa shape index (κ2) is 10.3. The number of rotatable bonds is 10. The predicted molar refractivity (Wildman–Crippen MR) is 86.7 cm³/mol. The van der Waals surface area contributed by atoms with Crippen LogP contribution in [0, 0.1) is 0 Å². The van der Waals surface area contributed by atoms with Crippen molar-refractivity contribution >= 4 is 23.6 Å². The minimum Gasteiger partial charge on any atom is -0.481 e. The van der Waals surface area contributed by atoms with Gasteiger partial charge in [-0.1, -0.05) is 25.0 Å². The summed E-state index contributed by atoms with van der Waals surface area (Å²) in [6, 6.07) is 7.69. The van der Waals surface area contributed by atoms with Crippen LogP contribution in [-0.2, 0) is 10.5 Å². The van der Waals surface area contributed by atoms with Crippen molar-refractivity contribution in [3.8, 4) is 0 Å². The van der Waals surface area contributed by atoms with Gasteiger partial charge in [0.15, 0.2) is 0 Å². The first-order valence-corrected chi connectivity index (χ1v) is 8.60.